The molecule has 1 amide bonds. The molecule has 7 atom stereocenters. The normalized spacial score (nSPS) is 41.1. The van der Waals surface area contributed by atoms with Crippen molar-refractivity contribution in [3.63, 3.8) is 0 Å². The Bertz CT molecular complexity index is 661. The maximum atomic E-state index is 12.1. The third-order valence-corrected chi connectivity index (χ3v) is 9.84. The number of fused-ring (bicyclic) bond motifs is 5. The maximum absolute atomic E-state index is 12.1. The molecular formula is C27H47NO3. The Kier molecular flexibility index (Phi) is 7.95. The van der Waals surface area contributed by atoms with Gasteiger partial charge in [0.15, 0.2) is 0 Å². The zero-order chi connectivity index (χ0) is 22.8. The summed E-state index contributed by atoms with van der Waals surface area (Å²) in [5.41, 5.74) is 2.35. The Hall–Kier alpha value is -0.870. The van der Waals surface area contributed by atoms with Crippen LogP contribution in [0.3, 0.4) is 0 Å². The van der Waals surface area contributed by atoms with E-state index in [2.05, 4.69) is 19.9 Å². The van der Waals surface area contributed by atoms with Crippen molar-refractivity contribution in [1.82, 2.24) is 5.06 Å². The van der Waals surface area contributed by atoms with Gasteiger partial charge in [0, 0.05) is 13.5 Å². The van der Waals surface area contributed by atoms with E-state index >= 15 is 0 Å². The average Bonchev–Trinajstić information content (AvgIpc) is 3.11. The fraction of sp³-hybridized carbons (Fsp3) is 0.889. The monoisotopic (exact) mass is 433 g/mol. The van der Waals surface area contributed by atoms with Crippen LogP contribution in [-0.2, 0) is 9.63 Å². The summed E-state index contributed by atoms with van der Waals surface area (Å²) in [6, 6.07) is 0. The Balaban J connectivity index is 0.00000132. The second-order valence-electron chi connectivity index (χ2n) is 10.9. The molecule has 0 heterocycles. The number of amides is 1. The average molecular weight is 434 g/mol. The van der Waals surface area contributed by atoms with Crippen molar-refractivity contribution in [2.24, 2.45) is 34.5 Å². The zero-order valence-electron chi connectivity index (χ0n) is 21.0. The molecule has 4 heteroatoms. The van der Waals surface area contributed by atoms with Gasteiger partial charge < -0.3 is 5.11 Å². The molecule has 1 N–H and O–H groups in total. The standard InChI is InChI=1S/C25H41NO3.C2H6/c1-24-15-13-22-20(10-8-18-16-19(27)12-14-25(18,22)2)21(24)11-9-17(24)6-5-7-23(28)26(3)29-4;1-2/h8,17,19-22,27H,5-7,9-16H2,1-4H3;1-2H3. The number of hydrogen-bond acceptors (Lipinski definition) is 3. The molecule has 4 aliphatic rings. The van der Waals surface area contributed by atoms with Gasteiger partial charge in [0.25, 0.3) is 0 Å². The SMILES string of the molecule is CC.CON(C)C(=O)CCCC1CCC2C3CC=C4CC(O)CCC4(C)C3CCC12C. The van der Waals surface area contributed by atoms with Gasteiger partial charge in [-0.15, -0.1) is 0 Å². The lowest BCUT2D eigenvalue weighted by molar-refractivity contribution is -0.168. The molecule has 7 unspecified atom stereocenters. The van der Waals surface area contributed by atoms with E-state index < -0.39 is 0 Å². The number of rotatable bonds is 5. The van der Waals surface area contributed by atoms with E-state index in [4.69, 9.17) is 4.84 Å². The summed E-state index contributed by atoms with van der Waals surface area (Å²) < 4.78 is 0. The summed E-state index contributed by atoms with van der Waals surface area (Å²) in [6.07, 6.45) is 14.9. The summed E-state index contributed by atoms with van der Waals surface area (Å²) in [4.78, 5) is 17.1. The first-order chi connectivity index (χ1) is 14.8. The van der Waals surface area contributed by atoms with Crippen LogP contribution < -0.4 is 0 Å². The summed E-state index contributed by atoms with van der Waals surface area (Å²) in [6.45, 7) is 9.08. The minimum Gasteiger partial charge on any atom is -0.393 e. The minimum absolute atomic E-state index is 0.0910. The lowest BCUT2D eigenvalue weighted by Gasteiger charge is -2.58. The molecule has 0 radical (unpaired) electrons. The van der Waals surface area contributed by atoms with E-state index in [0.29, 0.717) is 17.3 Å². The number of aliphatic hydroxyl groups excluding tert-OH is 1. The molecule has 3 saturated carbocycles. The first-order valence-corrected chi connectivity index (χ1v) is 13.0. The molecule has 3 fully saturated rings. The fourth-order valence-corrected chi connectivity index (χ4v) is 7.98. The predicted molar refractivity (Wildman–Crippen MR) is 126 cm³/mol. The Morgan fingerprint density at radius 2 is 1.90 bits per heavy atom. The maximum Gasteiger partial charge on any atom is 0.245 e. The van der Waals surface area contributed by atoms with Crippen molar-refractivity contribution >= 4 is 5.91 Å². The quantitative estimate of drug-likeness (QED) is 0.418. The molecule has 0 saturated heterocycles. The van der Waals surface area contributed by atoms with Gasteiger partial charge in [0.05, 0.1) is 13.2 Å². The van der Waals surface area contributed by atoms with Gasteiger partial charge in [0.2, 0.25) is 5.91 Å². The summed E-state index contributed by atoms with van der Waals surface area (Å²) in [7, 11) is 3.25. The molecule has 0 aliphatic heterocycles. The number of allylic oxidation sites excluding steroid dienone is 1. The Labute approximate surface area is 190 Å². The zero-order valence-corrected chi connectivity index (χ0v) is 21.0. The number of hydrogen-bond donors (Lipinski definition) is 1. The van der Waals surface area contributed by atoms with Gasteiger partial charge in [0.1, 0.15) is 0 Å². The second kappa shape index (κ2) is 9.95. The molecule has 4 aliphatic carbocycles. The molecule has 178 valence electrons. The molecule has 4 nitrogen and oxygen atoms in total. The molecule has 31 heavy (non-hydrogen) atoms. The minimum atomic E-state index is -0.115. The molecule has 0 aromatic rings. The van der Waals surface area contributed by atoms with Gasteiger partial charge in [-0.2, -0.15) is 0 Å². The molecule has 0 spiro atoms. The highest BCUT2D eigenvalue weighted by molar-refractivity contribution is 5.74. The highest BCUT2D eigenvalue weighted by Gasteiger charge is 2.58. The molecular weight excluding hydrogens is 386 g/mol. The summed E-state index contributed by atoms with van der Waals surface area (Å²) >= 11 is 0. The fourth-order valence-electron chi connectivity index (χ4n) is 7.98. The van der Waals surface area contributed by atoms with E-state index in [9.17, 15) is 9.90 Å². The van der Waals surface area contributed by atoms with Gasteiger partial charge in [-0.05, 0) is 98.7 Å². The number of aliphatic hydroxyl groups is 1. The largest absolute Gasteiger partial charge is 0.393 e. The van der Waals surface area contributed by atoms with Crippen LogP contribution in [0.25, 0.3) is 0 Å². The third-order valence-electron chi connectivity index (χ3n) is 9.84. The van der Waals surface area contributed by atoms with Crippen LogP contribution in [-0.4, -0.2) is 36.3 Å². The lowest BCUT2D eigenvalue weighted by atomic mass is 9.47. The van der Waals surface area contributed by atoms with Crippen LogP contribution in [0.5, 0.6) is 0 Å². The third kappa shape index (κ3) is 4.49. The number of hydroxylamine groups is 2. The smallest absolute Gasteiger partial charge is 0.245 e. The predicted octanol–water partition coefficient (Wildman–Crippen LogP) is 6.14. The van der Waals surface area contributed by atoms with Crippen LogP contribution in [0, 0.1) is 34.5 Å². The van der Waals surface area contributed by atoms with E-state index in [1.807, 2.05) is 13.8 Å². The van der Waals surface area contributed by atoms with Gasteiger partial charge in [-0.25, -0.2) is 5.06 Å². The second-order valence-corrected chi connectivity index (χ2v) is 10.9. The number of carbonyl (C=O) groups excluding carboxylic acids is 1. The van der Waals surface area contributed by atoms with Crippen molar-refractivity contribution in [3.8, 4) is 0 Å². The van der Waals surface area contributed by atoms with Crippen LogP contribution in [0.1, 0.15) is 98.3 Å². The molecule has 0 aromatic carbocycles. The van der Waals surface area contributed by atoms with Crippen LogP contribution in [0.15, 0.2) is 11.6 Å². The van der Waals surface area contributed by atoms with Crippen LogP contribution >= 0.6 is 0 Å². The highest BCUT2D eigenvalue weighted by atomic mass is 16.7. The van der Waals surface area contributed by atoms with Crippen molar-refractivity contribution in [3.05, 3.63) is 11.6 Å². The topological polar surface area (TPSA) is 49.8 Å². The van der Waals surface area contributed by atoms with Crippen molar-refractivity contribution in [1.29, 1.82) is 0 Å². The van der Waals surface area contributed by atoms with E-state index in [1.165, 1.54) is 50.0 Å². The molecule has 0 bridgehead atoms. The van der Waals surface area contributed by atoms with Gasteiger partial charge in [-0.1, -0.05) is 39.3 Å². The Morgan fingerprint density at radius 3 is 2.61 bits per heavy atom. The Morgan fingerprint density at radius 1 is 1.16 bits per heavy atom. The lowest BCUT2D eigenvalue weighted by Crippen LogP contribution is -2.50. The first-order valence-electron chi connectivity index (χ1n) is 13.0. The van der Waals surface area contributed by atoms with Crippen molar-refractivity contribution in [2.75, 3.05) is 14.2 Å². The first kappa shape index (κ1) is 24.8. The van der Waals surface area contributed by atoms with Crippen molar-refractivity contribution < 1.29 is 14.7 Å². The molecule has 0 aromatic heterocycles. The van der Waals surface area contributed by atoms with Gasteiger partial charge >= 0.3 is 0 Å². The van der Waals surface area contributed by atoms with Crippen LogP contribution in [0.2, 0.25) is 0 Å². The number of nitrogens with zero attached hydrogens (tertiary/aromatic N) is 1. The van der Waals surface area contributed by atoms with Gasteiger partial charge in [-0.3, -0.25) is 9.63 Å². The van der Waals surface area contributed by atoms with E-state index in [0.717, 1.165) is 42.9 Å². The van der Waals surface area contributed by atoms with E-state index in [-0.39, 0.29) is 12.0 Å². The highest BCUT2D eigenvalue weighted by Crippen LogP contribution is 2.66. The van der Waals surface area contributed by atoms with E-state index in [1.54, 1.807) is 19.7 Å². The summed E-state index contributed by atoms with van der Waals surface area (Å²) in [5, 5.41) is 11.5. The summed E-state index contributed by atoms with van der Waals surface area (Å²) in [5.74, 6) is 3.33. The van der Waals surface area contributed by atoms with Crippen molar-refractivity contribution in [2.45, 2.75) is 104 Å². The number of carbonyl (C=O) groups is 1. The molecule has 4 rings (SSSR count). The van der Waals surface area contributed by atoms with Crippen LogP contribution in [0.4, 0.5) is 0 Å².